The Hall–Kier alpha value is -2.08. The SMILES string of the molecule is COc1cccc(N2CCOC(CC(=O)O)C2=O)c1. The summed E-state index contributed by atoms with van der Waals surface area (Å²) in [5.74, 6) is -0.737. The molecule has 1 atom stereocenters. The maximum Gasteiger partial charge on any atom is 0.306 e. The van der Waals surface area contributed by atoms with E-state index in [1.807, 2.05) is 0 Å². The Labute approximate surface area is 110 Å². The molecule has 1 aromatic rings. The standard InChI is InChI=1S/C13H15NO5/c1-18-10-4-2-3-9(7-10)14-5-6-19-11(13(14)17)8-12(15)16/h2-4,7,11H,5-6,8H2,1H3,(H,15,16). The first kappa shape index (κ1) is 13.4. The van der Waals surface area contributed by atoms with Gasteiger partial charge in [0.05, 0.1) is 20.1 Å². The second-order valence-corrected chi connectivity index (χ2v) is 4.15. The van der Waals surface area contributed by atoms with E-state index in [1.54, 1.807) is 31.4 Å². The van der Waals surface area contributed by atoms with E-state index in [4.69, 9.17) is 14.6 Å². The number of amides is 1. The third kappa shape index (κ3) is 3.03. The fourth-order valence-electron chi connectivity index (χ4n) is 1.98. The van der Waals surface area contributed by atoms with Gasteiger partial charge in [-0.2, -0.15) is 0 Å². The van der Waals surface area contributed by atoms with Crippen molar-refractivity contribution in [1.29, 1.82) is 0 Å². The number of carboxylic acid groups (broad SMARTS) is 1. The van der Waals surface area contributed by atoms with Gasteiger partial charge in [0.2, 0.25) is 0 Å². The molecule has 0 bridgehead atoms. The summed E-state index contributed by atoms with van der Waals surface area (Å²) in [6.45, 7) is 0.725. The van der Waals surface area contributed by atoms with E-state index in [0.717, 1.165) is 0 Å². The van der Waals surface area contributed by atoms with Crippen LogP contribution >= 0.6 is 0 Å². The number of benzene rings is 1. The Kier molecular flexibility index (Phi) is 4.01. The molecule has 0 aromatic heterocycles. The van der Waals surface area contributed by atoms with Gasteiger partial charge in [0, 0.05) is 18.3 Å². The van der Waals surface area contributed by atoms with Crippen LogP contribution in [0.15, 0.2) is 24.3 Å². The topological polar surface area (TPSA) is 76.1 Å². The van der Waals surface area contributed by atoms with Gasteiger partial charge >= 0.3 is 5.97 Å². The molecular formula is C13H15NO5. The third-order valence-corrected chi connectivity index (χ3v) is 2.90. The van der Waals surface area contributed by atoms with Gasteiger partial charge in [-0.15, -0.1) is 0 Å². The lowest BCUT2D eigenvalue weighted by Crippen LogP contribution is -2.48. The molecule has 1 heterocycles. The number of ether oxygens (including phenoxy) is 2. The van der Waals surface area contributed by atoms with Gasteiger partial charge in [0.15, 0.2) is 0 Å². The second kappa shape index (κ2) is 5.71. The molecule has 19 heavy (non-hydrogen) atoms. The smallest absolute Gasteiger partial charge is 0.306 e. The van der Waals surface area contributed by atoms with E-state index in [2.05, 4.69) is 0 Å². The predicted molar refractivity (Wildman–Crippen MR) is 67.3 cm³/mol. The van der Waals surface area contributed by atoms with E-state index < -0.39 is 12.1 Å². The van der Waals surface area contributed by atoms with Crippen molar-refractivity contribution in [2.45, 2.75) is 12.5 Å². The second-order valence-electron chi connectivity index (χ2n) is 4.15. The third-order valence-electron chi connectivity index (χ3n) is 2.90. The van der Waals surface area contributed by atoms with Crippen LogP contribution in [0.5, 0.6) is 5.75 Å². The van der Waals surface area contributed by atoms with Crippen molar-refractivity contribution in [2.75, 3.05) is 25.2 Å². The predicted octanol–water partition coefficient (Wildman–Crippen LogP) is 0.902. The fourth-order valence-corrected chi connectivity index (χ4v) is 1.98. The van der Waals surface area contributed by atoms with Crippen molar-refractivity contribution in [3.05, 3.63) is 24.3 Å². The van der Waals surface area contributed by atoms with Crippen LogP contribution in [-0.4, -0.2) is 43.3 Å². The molecule has 102 valence electrons. The molecule has 1 fully saturated rings. The van der Waals surface area contributed by atoms with Crippen molar-refractivity contribution in [2.24, 2.45) is 0 Å². The number of aliphatic carboxylic acids is 1. The van der Waals surface area contributed by atoms with E-state index in [-0.39, 0.29) is 12.3 Å². The summed E-state index contributed by atoms with van der Waals surface area (Å²) < 4.78 is 10.3. The first-order chi connectivity index (χ1) is 9.11. The number of nitrogens with zero attached hydrogens (tertiary/aromatic N) is 1. The first-order valence-corrected chi connectivity index (χ1v) is 5.90. The molecule has 0 spiro atoms. The van der Waals surface area contributed by atoms with Gasteiger partial charge in [0.1, 0.15) is 11.9 Å². The maximum absolute atomic E-state index is 12.2. The Bertz CT molecular complexity index is 488. The summed E-state index contributed by atoms with van der Waals surface area (Å²) in [5.41, 5.74) is 0.683. The van der Waals surface area contributed by atoms with Gasteiger partial charge in [-0.05, 0) is 12.1 Å². The number of rotatable bonds is 4. The molecule has 6 heteroatoms. The van der Waals surface area contributed by atoms with Crippen LogP contribution in [0, 0.1) is 0 Å². The summed E-state index contributed by atoms with van der Waals surface area (Å²) in [4.78, 5) is 24.4. The van der Waals surface area contributed by atoms with Crippen LogP contribution in [0.2, 0.25) is 0 Å². The average Bonchev–Trinajstić information content (AvgIpc) is 2.41. The van der Waals surface area contributed by atoms with Crippen molar-refractivity contribution in [3.8, 4) is 5.75 Å². The highest BCUT2D eigenvalue weighted by Gasteiger charge is 2.32. The van der Waals surface area contributed by atoms with E-state index >= 15 is 0 Å². The molecule has 0 saturated carbocycles. The van der Waals surface area contributed by atoms with E-state index in [9.17, 15) is 9.59 Å². The number of carbonyl (C=O) groups excluding carboxylic acids is 1. The molecule has 6 nitrogen and oxygen atoms in total. The zero-order valence-electron chi connectivity index (χ0n) is 10.5. The van der Waals surface area contributed by atoms with Gasteiger partial charge in [-0.3, -0.25) is 9.59 Å². The number of carboxylic acids is 1. The number of hydrogen-bond acceptors (Lipinski definition) is 4. The Balaban J connectivity index is 2.18. The molecule has 2 rings (SSSR count). The first-order valence-electron chi connectivity index (χ1n) is 5.90. The van der Waals surface area contributed by atoms with E-state index in [1.165, 1.54) is 4.90 Å². The van der Waals surface area contributed by atoms with E-state index in [0.29, 0.717) is 24.6 Å². The molecule has 1 unspecified atom stereocenters. The quantitative estimate of drug-likeness (QED) is 0.875. The minimum absolute atomic E-state index is 0.320. The van der Waals surface area contributed by atoms with Crippen LogP contribution in [0.25, 0.3) is 0 Å². The number of methoxy groups -OCH3 is 1. The molecule has 0 radical (unpaired) electrons. The molecule has 1 aliphatic rings. The highest BCUT2D eigenvalue weighted by Crippen LogP contribution is 2.24. The zero-order valence-corrected chi connectivity index (χ0v) is 10.5. The molecule has 1 N–H and O–H groups in total. The lowest BCUT2D eigenvalue weighted by atomic mass is 10.1. The molecule has 1 aromatic carbocycles. The Morgan fingerprint density at radius 2 is 2.37 bits per heavy atom. The van der Waals surface area contributed by atoms with Crippen molar-refractivity contribution < 1.29 is 24.2 Å². The van der Waals surface area contributed by atoms with Gasteiger partial charge < -0.3 is 19.5 Å². The minimum atomic E-state index is -1.05. The largest absolute Gasteiger partial charge is 0.497 e. The number of hydrogen-bond donors (Lipinski definition) is 1. The van der Waals surface area contributed by atoms with Crippen LogP contribution in [-0.2, 0) is 14.3 Å². The summed E-state index contributed by atoms with van der Waals surface area (Å²) in [7, 11) is 1.55. The number of morpholine rings is 1. The lowest BCUT2D eigenvalue weighted by molar-refractivity contribution is -0.147. The molecule has 1 aliphatic heterocycles. The van der Waals surface area contributed by atoms with Crippen LogP contribution in [0.4, 0.5) is 5.69 Å². The lowest BCUT2D eigenvalue weighted by Gasteiger charge is -2.32. The van der Waals surface area contributed by atoms with Crippen LogP contribution in [0.1, 0.15) is 6.42 Å². The number of carbonyl (C=O) groups is 2. The van der Waals surface area contributed by atoms with Crippen molar-refractivity contribution in [3.63, 3.8) is 0 Å². The summed E-state index contributed by atoms with van der Waals surface area (Å²) in [6, 6.07) is 7.08. The normalized spacial score (nSPS) is 19.3. The van der Waals surface area contributed by atoms with Gasteiger partial charge in [-0.25, -0.2) is 0 Å². The molecule has 1 saturated heterocycles. The van der Waals surface area contributed by atoms with Crippen LogP contribution < -0.4 is 9.64 Å². The van der Waals surface area contributed by atoms with Crippen LogP contribution in [0.3, 0.4) is 0 Å². The van der Waals surface area contributed by atoms with Gasteiger partial charge in [0.25, 0.3) is 5.91 Å². The fraction of sp³-hybridized carbons (Fsp3) is 0.385. The summed E-state index contributed by atoms with van der Waals surface area (Å²) in [6.07, 6.45) is -1.24. The molecular weight excluding hydrogens is 250 g/mol. The Morgan fingerprint density at radius 1 is 1.58 bits per heavy atom. The highest BCUT2D eigenvalue weighted by molar-refractivity contribution is 5.99. The summed E-state index contributed by atoms with van der Waals surface area (Å²) in [5, 5.41) is 8.75. The highest BCUT2D eigenvalue weighted by atomic mass is 16.5. The monoisotopic (exact) mass is 265 g/mol. The minimum Gasteiger partial charge on any atom is -0.497 e. The zero-order chi connectivity index (χ0) is 13.8. The molecule has 0 aliphatic carbocycles. The Morgan fingerprint density at radius 3 is 3.05 bits per heavy atom. The maximum atomic E-state index is 12.2. The van der Waals surface area contributed by atoms with Crippen molar-refractivity contribution >= 4 is 17.6 Å². The summed E-state index contributed by atoms with van der Waals surface area (Å²) >= 11 is 0. The van der Waals surface area contributed by atoms with Gasteiger partial charge in [-0.1, -0.05) is 6.07 Å². The molecule has 1 amide bonds. The van der Waals surface area contributed by atoms with Crippen molar-refractivity contribution in [1.82, 2.24) is 0 Å². The number of anilines is 1. The average molecular weight is 265 g/mol.